The van der Waals surface area contributed by atoms with Crippen LogP contribution in [-0.4, -0.2) is 23.7 Å². The number of rotatable bonds is 2. The third-order valence-corrected chi connectivity index (χ3v) is 3.15. The zero-order valence-electron chi connectivity index (χ0n) is 11.5. The molecule has 2 N–H and O–H groups in total. The van der Waals surface area contributed by atoms with E-state index in [2.05, 4.69) is 17.6 Å². The first kappa shape index (κ1) is 14.2. The average molecular weight is 280 g/mol. The summed E-state index contributed by atoms with van der Waals surface area (Å²) >= 11 is 5.28. The summed E-state index contributed by atoms with van der Waals surface area (Å²) in [6.07, 6.45) is 0.635. The van der Waals surface area contributed by atoms with Gasteiger partial charge < -0.3 is 20.1 Å². The van der Waals surface area contributed by atoms with Crippen LogP contribution in [0.1, 0.15) is 25.8 Å². The number of anilines is 1. The third kappa shape index (κ3) is 4.45. The van der Waals surface area contributed by atoms with E-state index in [9.17, 15) is 0 Å². The highest BCUT2D eigenvalue weighted by molar-refractivity contribution is 7.80. The molecule has 5 heteroatoms. The van der Waals surface area contributed by atoms with Crippen molar-refractivity contribution >= 4 is 23.0 Å². The summed E-state index contributed by atoms with van der Waals surface area (Å²) in [5.74, 6) is 0. The van der Waals surface area contributed by atoms with Crippen molar-refractivity contribution in [2.45, 2.75) is 45.8 Å². The predicted octanol–water partition coefficient (Wildman–Crippen LogP) is 2.78. The van der Waals surface area contributed by atoms with Gasteiger partial charge in [0.05, 0.1) is 6.10 Å². The van der Waals surface area contributed by atoms with Crippen LogP contribution >= 0.6 is 12.2 Å². The predicted molar refractivity (Wildman–Crippen MR) is 80.0 cm³/mol. The van der Waals surface area contributed by atoms with Gasteiger partial charge >= 0.3 is 0 Å². The van der Waals surface area contributed by atoms with Crippen LogP contribution in [0.4, 0.5) is 5.69 Å². The number of benzene rings is 1. The molecule has 0 aliphatic carbocycles. The molecule has 3 atom stereocenters. The molecule has 1 aromatic carbocycles. The molecule has 1 fully saturated rings. The first-order chi connectivity index (χ1) is 9.02. The van der Waals surface area contributed by atoms with E-state index < -0.39 is 0 Å². The van der Waals surface area contributed by atoms with E-state index in [1.54, 1.807) is 0 Å². The zero-order valence-corrected chi connectivity index (χ0v) is 12.3. The van der Waals surface area contributed by atoms with Gasteiger partial charge in [-0.3, -0.25) is 0 Å². The molecule has 1 aliphatic heterocycles. The van der Waals surface area contributed by atoms with Crippen molar-refractivity contribution in [1.82, 2.24) is 5.32 Å². The fraction of sp³-hybridized carbons (Fsp3) is 0.500. The van der Waals surface area contributed by atoms with Crippen LogP contribution in [0.15, 0.2) is 24.3 Å². The maximum absolute atomic E-state index is 5.62. The molecule has 0 saturated carbocycles. The summed E-state index contributed by atoms with van der Waals surface area (Å²) in [7, 11) is 0. The van der Waals surface area contributed by atoms with Crippen molar-refractivity contribution in [1.29, 1.82) is 0 Å². The van der Waals surface area contributed by atoms with E-state index in [4.69, 9.17) is 21.7 Å². The Bertz CT molecular complexity index is 426. The molecule has 1 saturated heterocycles. The van der Waals surface area contributed by atoms with Crippen LogP contribution in [0.5, 0.6) is 0 Å². The second-order valence-corrected chi connectivity index (χ2v) is 5.25. The fourth-order valence-corrected chi connectivity index (χ4v) is 2.30. The maximum Gasteiger partial charge on any atom is 0.172 e. The first-order valence-corrected chi connectivity index (χ1v) is 6.89. The lowest BCUT2D eigenvalue weighted by Crippen LogP contribution is -2.47. The smallest absolute Gasteiger partial charge is 0.172 e. The Kier molecular flexibility index (Phi) is 4.74. The van der Waals surface area contributed by atoms with Crippen molar-refractivity contribution in [3.05, 3.63) is 29.8 Å². The maximum atomic E-state index is 5.62. The summed E-state index contributed by atoms with van der Waals surface area (Å²) in [6.45, 7) is 5.98. The van der Waals surface area contributed by atoms with Gasteiger partial charge in [-0.15, -0.1) is 0 Å². The summed E-state index contributed by atoms with van der Waals surface area (Å²) in [4.78, 5) is 0. The normalized spacial score (nSPS) is 26.8. The van der Waals surface area contributed by atoms with Crippen LogP contribution in [0.2, 0.25) is 0 Å². The summed E-state index contributed by atoms with van der Waals surface area (Å²) < 4.78 is 11.1. The van der Waals surface area contributed by atoms with E-state index in [-0.39, 0.29) is 18.6 Å². The standard InChI is InChI=1S/C14H20N2O2S/c1-9-4-6-12(7-5-9)15-14(19)16-13-8-10(2)17-11(3)18-13/h4-7,10-11,13H,8H2,1-3H3,(H2,15,16,19)/t10-,11-,13+/m0/s1. The Hall–Kier alpha value is -1.17. The second kappa shape index (κ2) is 6.32. The summed E-state index contributed by atoms with van der Waals surface area (Å²) in [6, 6.07) is 8.08. The van der Waals surface area contributed by atoms with Gasteiger partial charge in [0.15, 0.2) is 11.4 Å². The van der Waals surface area contributed by atoms with Gasteiger partial charge in [0.25, 0.3) is 0 Å². The molecule has 0 bridgehead atoms. The van der Waals surface area contributed by atoms with Crippen LogP contribution in [0, 0.1) is 6.92 Å². The van der Waals surface area contributed by atoms with Crippen molar-refractivity contribution in [2.75, 3.05) is 5.32 Å². The molecule has 0 aromatic heterocycles. The molecule has 0 radical (unpaired) electrons. The van der Waals surface area contributed by atoms with Crippen LogP contribution in [-0.2, 0) is 9.47 Å². The Labute approximate surface area is 119 Å². The Morgan fingerprint density at radius 1 is 1.21 bits per heavy atom. The SMILES string of the molecule is Cc1ccc(NC(=S)N[C@H]2C[C@H](C)O[C@H](C)O2)cc1. The molecule has 2 rings (SSSR count). The van der Waals surface area contributed by atoms with Crippen molar-refractivity contribution in [3.8, 4) is 0 Å². The number of hydrogen-bond donors (Lipinski definition) is 2. The third-order valence-electron chi connectivity index (χ3n) is 2.93. The molecule has 0 amide bonds. The summed E-state index contributed by atoms with van der Waals surface area (Å²) in [5.41, 5.74) is 2.19. The number of hydrogen-bond acceptors (Lipinski definition) is 3. The van der Waals surface area contributed by atoms with Crippen LogP contribution in [0.3, 0.4) is 0 Å². The van der Waals surface area contributed by atoms with E-state index in [0.29, 0.717) is 5.11 Å². The molecular weight excluding hydrogens is 260 g/mol. The minimum absolute atomic E-state index is 0.107. The van der Waals surface area contributed by atoms with Gasteiger partial charge in [0.2, 0.25) is 0 Å². The monoisotopic (exact) mass is 280 g/mol. The molecular formula is C14H20N2O2S. The van der Waals surface area contributed by atoms with Gasteiger partial charge in [-0.05, 0) is 45.1 Å². The van der Waals surface area contributed by atoms with E-state index in [1.165, 1.54) is 5.56 Å². The molecule has 104 valence electrons. The van der Waals surface area contributed by atoms with Gasteiger partial charge in [-0.2, -0.15) is 0 Å². The minimum Gasteiger partial charge on any atom is -0.350 e. The zero-order chi connectivity index (χ0) is 13.8. The fourth-order valence-electron chi connectivity index (χ4n) is 2.05. The molecule has 1 aromatic rings. The molecule has 19 heavy (non-hydrogen) atoms. The van der Waals surface area contributed by atoms with E-state index in [1.807, 2.05) is 38.1 Å². The Morgan fingerprint density at radius 3 is 2.53 bits per heavy atom. The lowest BCUT2D eigenvalue weighted by Gasteiger charge is -2.33. The highest BCUT2D eigenvalue weighted by atomic mass is 32.1. The van der Waals surface area contributed by atoms with Crippen molar-refractivity contribution < 1.29 is 9.47 Å². The number of aryl methyl sites for hydroxylation is 1. The highest BCUT2D eigenvalue weighted by Gasteiger charge is 2.25. The van der Waals surface area contributed by atoms with Crippen molar-refractivity contribution in [2.24, 2.45) is 0 Å². The van der Waals surface area contributed by atoms with Gasteiger partial charge in [-0.1, -0.05) is 17.7 Å². The molecule has 0 unspecified atom stereocenters. The van der Waals surface area contributed by atoms with Gasteiger partial charge in [0, 0.05) is 12.1 Å². The largest absolute Gasteiger partial charge is 0.350 e. The van der Waals surface area contributed by atoms with Crippen LogP contribution < -0.4 is 10.6 Å². The first-order valence-electron chi connectivity index (χ1n) is 6.48. The van der Waals surface area contributed by atoms with Gasteiger partial charge in [-0.25, -0.2) is 0 Å². The van der Waals surface area contributed by atoms with Crippen LogP contribution in [0.25, 0.3) is 0 Å². The lowest BCUT2D eigenvalue weighted by atomic mass is 10.2. The van der Waals surface area contributed by atoms with Gasteiger partial charge in [0.1, 0.15) is 6.23 Å². The molecule has 0 spiro atoms. The molecule has 1 aliphatic rings. The minimum atomic E-state index is -0.205. The average Bonchev–Trinajstić information content (AvgIpc) is 2.30. The number of ether oxygens (including phenoxy) is 2. The van der Waals surface area contributed by atoms with E-state index >= 15 is 0 Å². The molecule has 4 nitrogen and oxygen atoms in total. The lowest BCUT2D eigenvalue weighted by molar-refractivity contribution is -0.232. The second-order valence-electron chi connectivity index (χ2n) is 4.84. The Morgan fingerprint density at radius 2 is 1.89 bits per heavy atom. The topological polar surface area (TPSA) is 42.5 Å². The van der Waals surface area contributed by atoms with E-state index in [0.717, 1.165) is 12.1 Å². The summed E-state index contributed by atoms with van der Waals surface area (Å²) in [5, 5.41) is 6.87. The highest BCUT2D eigenvalue weighted by Crippen LogP contribution is 2.16. The quantitative estimate of drug-likeness (QED) is 0.815. The number of nitrogens with one attached hydrogen (secondary N) is 2. The molecule has 1 heterocycles. The Balaban J connectivity index is 1.85. The number of thiocarbonyl (C=S) groups is 1. The van der Waals surface area contributed by atoms with Crippen molar-refractivity contribution in [3.63, 3.8) is 0 Å².